The van der Waals surface area contributed by atoms with Crippen molar-refractivity contribution in [2.24, 2.45) is 0 Å². The largest absolute Gasteiger partial charge is 0.347 e. The molecule has 0 bridgehead atoms. The van der Waals surface area contributed by atoms with Crippen LogP contribution in [0, 0.1) is 0 Å². The van der Waals surface area contributed by atoms with E-state index < -0.39 is 0 Å². The smallest absolute Gasteiger partial charge is 0.221 e. The molecule has 1 fully saturated rings. The third-order valence-corrected chi connectivity index (χ3v) is 4.11. The van der Waals surface area contributed by atoms with Crippen LogP contribution in [0.5, 0.6) is 0 Å². The molecular formula is C14H19BrN2O. The Morgan fingerprint density at radius 3 is 2.50 bits per heavy atom. The van der Waals surface area contributed by atoms with Crippen molar-refractivity contribution >= 4 is 21.8 Å². The van der Waals surface area contributed by atoms with E-state index in [4.69, 9.17) is 0 Å². The maximum absolute atomic E-state index is 11.9. The van der Waals surface area contributed by atoms with E-state index >= 15 is 0 Å². The first-order valence-corrected chi connectivity index (χ1v) is 7.17. The molecule has 1 saturated carbocycles. The lowest BCUT2D eigenvalue weighted by molar-refractivity contribution is -0.124. The molecule has 4 heteroatoms. The summed E-state index contributed by atoms with van der Waals surface area (Å²) in [5, 5.41) is 6.21. The van der Waals surface area contributed by atoms with Gasteiger partial charge >= 0.3 is 0 Å². The summed E-state index contributed by atoms with van der Waals surface area (Å²) in [6.45, 7) is 0.724. The van der Waals surface area contributed by atoms with Crippen LogP contribution < -0.4 is 10.6 Å². The van der Waals surface area contributed by atoms with Crippen LogP contribution in [0.4, 0.5) is 0 Å². The molecule has 1 aromatic rings. The first-order chi connectivity index (χ1) is 8.66. The highest BCUT2D eigenvalue weighted by atomic mass is 79.9. The van der Waals surface area contributed by atoms with Gasteiger partial charge < -0.3 is 10.6 Å². The van der Waals surface area contributed by atoms with Crippen molar-refractivity contribution in [3.05, 3.63) is 34.3 Å². The van der Waals surface area contributed by atoms with Gasteiger partial charge in [-0.05, 0) is 44.0 Å². The van der Waals surface area contributed by atoms with Crippen molar-refractivity contribution in [2.75, 3.05) is 13.6 Å². The first kappa shape index (κ1) is 13.6. The maximum Gasteiger partial charge on any atom is 0.221 e. The second-order valence-corrected chi connectivity index (χ2v) is 5.76. The lowest BCUT2D eigenvalue weighted by atomic mass is 9.71. The molecule has 0 heterocycles. The molecule has 1 aliphatic carbocycles. The number of amides is 1. The summed E-state index contributed by atoms with van der Waals surface area (Å²) in [7, 11) is 1.86. The number of nitrogens with one attached hydrogen (secondary N) is 2. The Balaban J connectivity index is 2.06. The Bertz CT molecular complexity index is 412. The highest BCUT2D eigenvalue weighted by Gasteiger charge is 2.39. The second kappa shape index (κ2) is 5.85. The lowest BCUT2D eigenvalue weighted by Crippen LogP contribution is -2.51. The average Bonchev–Trinajstić information content (AvgIpc) is 2.32. The van der Waals surface area contributed by atoms with E-state index in [2.05, 4.69) is 38.7 Å². The normalized spacial score (nSPS) is 17.0. The van der Waals surface area contributed by atoms with E-state index in [1.165, 1.54) is 12.0 Å². The third kappa shape index (κ3) is 2.93. The van der Waals surface area contributed by atoms with E-state index in [1.54, 1.807) is 0 Å². The van der Waals surface area contributed by atoms with Gasteiger partial charge in [0.05, 0.1) is 5.54 Å². The summed E-state index contributed by atoms with van der Waals surface area (Å²) < 4.78 is 1.07. The van der Waals surface area contributed by atoms with Crippen molar-refractivity contribution in [3.63, 3.8) is 0 Å². The Hall–Kier alpha value is -0.870. The minimum absolute atomic E-state index is 0.120. The Morgan fingerprint density at radius 1 is 1.33 bits per heavy atom. The quantitative estimate of drug-likeness (QED) is 0.877. The molecule has 1 amide bonds. The van der Waals surface area contributed by atoms with Gasteiger partial charge in [-0.25, -0.2) is 0 Å². The summed E-state index contributed by atoms with van der Waals surface area (Å²) >= 11 is 3.44. The van der Waals surface area contributed by atoms with Gasteiger partial charge in [0, 0.05) is 17.4 Å². The number of carbonyl (C=O) groups is 1. The molecule has 1 aromatic carbocycles. The Labute approximate surface area is 116 Å². The van der Waals surface area contributed by atoms with E-state index in [0.29, 0.717) is 6.42 Å². The molecule has 0 spiro atoms. The lowest BCUT2D eigenvalue weighted by Gasteiger charge is -2.43. The van der Waals surface area contributed by atoms with Crippen LogP contribution >= 0.6 is 15.9 Å². The van der Waals surface area contributed by atoms with Crippen molar-refractivity contribution < 1.29 is 4.79 Å². The van der Waals surface area contributed by atoms with Crippen LogP contribution in [0.15, 0.2) is 28.7 Å². The van der Waals surface area contributed by atoms with Gasteiger partial charge in [-0.15, -0.1) is 0 Å². The molecular weight excluding hydrogens is 292 g/mol. The fraction of sp³-hybridized carbons (Fsp3) is 0.500. The Kier molecular flexibility index (Phi) is 4.40. The molecule has 0 aromatic heterocycles. The standard InChI is InChI=1S/C14H19BrN2O/c1-16-10-7-13(18)17-14(8-2-9-14)11-3-5-12(15)6-4-11/h3-6,16H,2,7-10H2,1H3,(H,17,18). The van der Waals surface area contributed by atoms with Crippen LogP contribution in [0.3, 0.4) is 0 Å². The van der Waals surface area contributed by atoms with Crippen molar-refractivity contribution in [2.45, 2.75) is 31.2 Å². The molecule has 0 saturated heterocycles. The topological polar surface area (TPSA) is 41.1 Å². The fourth-order valence-corrected chi connectivity index (χ4v) is 2.62. The number of halogens is 1. The fourth-order valence-electron chi connectivity index (χ4n) is 2.35. The Morgan fingerprint density at radius 2 is 2.00 bits per heavy atom. The number of hydrogen-bond acceptors (Lipinski definition) is 2. The monoisotopic (exact) mass is 310 g/mol. The molecule has 0 radical (unpaired) electrons. The van der Waals surface area contributed by atoms with Gasteiger partial charge in [-0.2, -0.15) is 0 Å². The van der Waals surface area contributed by atoms with E-state index in [1.807, 2.05) is 19.2 Å². The molecule has 0 aliphatic heterocycles. The summed E-state index contributed by atoms with van der Waals surface area (Å²) in [5.74, 6) is 0.131. The van der Waals surface area contributed by atoms with Gasteiger partial charge in [0.25, 0.3) is 0 Å². The number of rotatable bonds is 5. The zero-order valence-corrected chi connectivity index (χ0v) is 12.2. The number of hydrogen-bond donors (Lipinski definition) is 2. The van der Waals surface area contributed by atoms with Crippen molar-refractivity contribution in [1.29, 1.82) is 0 Å². The minimum Gasteiger partial charge on any atom is -0.347 e. The average molecular weight is 311 g/mol. The highest BCUT2D eigenvalue weighted by molar-refractivity contribution is 9.10. The summed E-state index contributed by atoms with van der Waals surface area (Å²) in [6.07, 6.45) is 3.80. The van der Waals surface area contributed by atoms with Crippen molar-refractivity contribution in [3.8, 4) is 0 Å². The minimum atomic E-state index is -0.120. The summed E-state index contributed by atoms with van der Waals surface area (Å²) in [4.78, 5) is 11.9. The molecule has 18 heavy (non-hydrogen) atoms. The highest BCUT2D eigenvalue weighted by Crippen LogP contribution is 2.41. The summed E-state index contributed by atoms with van der Waals surface area (Å²) in [6, 6.07) is 8.27. The van der Waals surface area contributed by atoms with E-state index in [-0.39, 0.29) is 11.4 Å². The van der Waals surface area contributed by atoms with Gasteiger partial charge in [0.1, 0.15) is 0 Å². The van der Waals surface area contributed by atoms with Gasteiger partial charge in [-0.3, -0.25) is 4.79 Å². The predicted molar refractivity (Wildman–Crippen MR) is 76.4 cm³/mol. The molecule has 0 unspecified atom stereocenters. The number of benzene rings is 1. The predicted octanol–water partition coefficient (Wildman–Crippen LogP) is 2.55. The van der Waals surface area contributed by atoms with Gasteiger partial charge in [-0.1, -0.05) is 28.1 Å². The third-order valence-electron chi connectivity index (χ3n) is 3.58. The molecule has 0 atom stereocenters. The zero-order valence-electron chi connectivity index (χ0n) is 10.6. The molecule has 2 rings (SSSR count). The molecule has 3 nitrogen and oxygen atoms in total. The number of carbonyl (C=O) groups excluding carboxylic acids is 1. The van der Waals surface area contributed by atoms with Crippen LogP contribution in [-0.4, -0.2) is 19.5 Å². The van der Waals surface area contributed by atoms with Crippen LogP contribution in [0.1, 0.15) is 31.2 Å². The van der Waals surface area contributed by atoms with E-state index in [0.717, 1.165) is 23.9 Å². The maximum atomic E-state index is 11.9. The zero-order chi connectivity index (χ0) is 13.0. The van der Waals surface area contributed by atoms with Crippen LogP contribution in [0.25, 0.3) is 0 Å². The molecule has 98 valence electrons. The second-order valence-electron chi connectivity index (χ2n) is 4.84. The van der Waals surface area contributed by atoms with Crippen LogP contribution in [0.2, 0.25) is 0 Å². The summed E-state index contributed by atoms with van der Waals surface area (Å²) in [5.41, 5.74) is 1.10. The van der Waals surface area contributed by atoms with Gasteiger partial charge in [0.15, 0.2) is 0 Å². The van der Waals surface area contributed by atoms with E-state index in [9.17, 15) is 4.79 Å². The molecule has 2 N–H and O–H groups in total. The van der Waals surface area contributed by atoms with Crippen LogP contribution in [-0.2, 0) is 10.3 Å². The van der Waals surface area contributed by atoms with Crippen molar-refractivity contribution in [1.82, 2.24) is 10.6 Å². The first-order valence-electron chi connectivity index (χ1n) is 6.38. The molecule has 1 aliphatic rings. The SMILES string of the molecule is CNCCC(=O)NC1(c2ccc(Br)cc2)CCC1. The van der Waals surface area contributed by atoms with Gasteiger partial charge in [0.2, 0.25) is 5.91 Å².